The number of rotatable bonds is 8. The molecule has 1 aromatic heterocycles. The van der Waals surface area contributed by atoms with E-state index in [1.54, 1.807) is 0 Å². The number of carbonyl (C=O) groups is 1. The molecule has 0 aliphatic carbocycles. The molecule has 0 aliphatic rings. The molecule has 0 radical (unpaired) electrons. The van der Waals surface area contributed by atoms with Crippen molar-refractivity contribution in [2.45, 2.75) is 13.5 Å². The number of nitro groups is 2. The van der Waals surface area contributed by atoms with Gasteiger partial charge in [0.05, 0.1) is 20.8 Å². The molecule has 0 fully saturated rings. The molecule has 0 spiro atoms. The number of aromatic nitrogens is 4. The van der Waals surface area contributed by atoms with Crippen LogP contribution in [0, 0.1) is 20.2 Å². The van der Waals surface area contributed by atoms with Crippen molar-refractivity contribution in [2.75, 3.05) is 6.61 Å². The molecule has 1 N–H and O–H groups in total. The van der Waals surface area contributed by atoms with Crippen molar-refractivity contribution in [3.05, 3.63) is 44.5 Å². The molecule has 1 amide bonds. The van der Waals surface area contributed by atoms with Crippen LogP contribution in [0.5, 0.6) is 5.75 Å². The summed E-state index contributed by atoms with van der Waals surface area (Å²) in [5.74, 6) is -1.35. The van der Waals surface area contributed by atoms with E-state index in [1.165, 1.54) is 31.2 Å². The van der Waals surface area contributed by atoms with Crippen molar-refractivity contribution in [1.82, 2.24) is 25.6 Å². The van der Waals surface area contributed by atoms with E-state index in [0.717, 1.165) is 4.80 Å². The van der Waals surface area contributed by atoms with Crippen LogP contribution in [0.3, 0.4) is 0 Å². The molecule has 14 nitrogen and oxygen atoms in total. The average molecular weight is 364 g/mol. The molecule has 26 heavy (non-hydrogen) atoms. The third-order valence-electron chi connectivity index (χ3n) is 2.77. The minimum absolute atomic E-state index is 0.0356. The third kappa shape index (κ3) is 5.02. The number of ether oxygens (including phenoxy) is 1. The summed E-state index contributed by atoms with van der Waals surface area (Å²) in [6, 6.07) is 5.62. The van der Waals surface area contributed by atoms with Gasteiger partial charge in [-0.1, -0.05) is 16.9 Å². The lowest BCUT2D eigenvalue weighted by Gasteiger charge is -2.05. The molecule has 0 aliphatic heterocycles. The van der Waals surface area contributed by atoms with Crippen LogP contribution in [0.2, 0.25) is 0 Å². The summed E-state index contributed by atoms with van der Waals surface area (Å²) in [6.45, 7) is 0.999. The van der Waals surface area contributed by atoms with Crippen LogP contribution in [-0.4, -0.2) is 48.3 Å². The van der Waals surface area contributed by atoms with Gasteiger partial charge in [-0.25, -0.2) is 5.43 Å². The number of para-hydroxylation sites is 2. The number of nitro benzene ring substituents is 1. The van der Waals surface area contributed by atoms with Crippen LogP contribution < -0.4 is 10.2 Å². The molecule has 136 valence electrons. The van der Waals surface area contributed by atoms with Crippen molar-refractivity contribution in [1.29, 1.82) is 0 Å². The predicted molar refractivity (Wildman–Crippen MR) is 84.3 cm³/mol. The second-order valence-electron chi connectivity index (χ2n) is 4.77. The first-order valence-corrected chi connectivity index (χ1v) is 6.97. The van der Waals surface area contributed by atoms with E-state index in [4.69, 9.17) is 4.74 Å². The number of tetrazole rings is 1. The van der Waals surface area contributed by atoms with Crippen molar-refractivity contribution in [2.24, 2.45) is 5.10 Å². The Morgan fingerprint density at radius 3 is 2.69 bits per heavy atom. The fourth-order valence-corrected chi connectivity index (χ4v) is 1.68. The Hall–Kier alpha value is -3.97. The van der Waals surface area contributed by atoms with Gasteiger partial charge in [-0.15, -0.1) is 0 Å². The van der Waals surface area contributed by atoms with E-state index in [9.17, 15) is 25.0 Å². The van der Waals surface area contributed by atoms with Gasteiger partial charge in [0, 0.05) is 11.3 Å². The van der Waals surface area contributed by atoms with Crippen LogP contribution in [0.15, 0.2) is 29.4 Å². The topological polar surface area (TPSA) is 181 Å². The highest BCUT2D eigenvalue weighted by Gasteiger charge is 2.16. The summed E-state index contributed by atoms with van der Waals surface area (Å²) in [5.41, 5.74) is 2.25. The Morgan fingerprint density at radius 1 is 1.31 bits per heavy atom. The van der Waals surface area contributed by atoms with Crippen LogP contribution in [0.25, 0.3) is 0 Å². The SMILES string of the molecule is CC(Cn1nnc([N+](=O)[O-])n1)=NNC(=O)COc1ccccc1[N+](=O)[O-]. The molecule has 0 saturated heterocycles. The summed E-state index contributed by atoms with van der Waals surface area (Å²) in [4.78, 5) is 32.5. The number of hydrogen-bond donors (Lipinski definition) is 1. The molecule has 0 saturated carbocycles. The average Bonchev–Trinajstić information content (AvgIpc) is 3.07. The van der Waals surface area contributed by atoms with Crippen molar-refractivity contribution in [3.63, 3.8) is 0 Å². The largest absolute Gasteiger partial charge is 0.514 e. The molecule has 0 atom stereocenters. The Balaban J connectivity index is 1.86. The molecule has 1 aromatic carbocycles. The van der Waals surface area contributed by atoms with Crippen molar-refractivity contribution >= 4 is 23.3 Å². The lowest BCUT2D eigenvalue weighted by molar-refractivity contribution is -0.394. The monoisotopic (exact) mass is 364 g/mol. The Morgan fingerprint density at radius 2 is 2.04 bits per heavy atom. The first kappa shape index (κ1) is 18.4. The van der Waals surface area contributed by atoms with Gasteiger partial charge in [0.1, 0.15) is 6.54 Å². The van der Waals surface area contributed by atoms with E-state index in [1.807, 2.05) is 0 Å². The van der Waals surface area contributed by atoms with Gasteiger partial charge in [-0.05, 0) is 17.9 Å². The molecular formula is C12H12N8O6. The molecule has 0 unspecified atom stereocenters. The molecule has 2 aromatic rings. The van der Waals surface area contributed by atoms with Crippen LogP contribution in [0.4, 0.5) is 11.6 Å². The third-order valence-corrected chi connectivity index (χ3v) is 2.77. The van der Waals surface area contributed by atoms with Gasteiger partial charge in [0.2, 0.25) is 0 Å². The van der Waals surface area contributed by atoms with E-state index < -0.39 is 28.3 Å². The Labute approximate surface area is 144 Å². The number of nitrogens with zero attached hydrogens (tertiary/aromatic N) is 7. The van der Waals surface area contributed by atoms with Crippen molar-refractivity contribution in [3.8, 4) is 5.75 Å². The zero-order chi connectivity index (χ0) is 19.1. The number of benzene rings is 1. The highest BCUT2D eigenvalue weighted by Crippen LogP contribution is 2.25. The number of hydrazone groups is 1. The zero-order valence-corrected chi connectivity index (χ0v) is 13.3. The van der Waals surface area contributed by atoms with E-state index in [-0.39, 0.29) is 18.0 Å². The lowest BCUT2D eigenvalue weighted by Crippen LogP contribution is -2.26. The van der Waals surface area contributed by atoms with Gasteiger partial charge in [0.15, 0.2) is 12.4 Å². The summed E-state index contributed by atoms with van der Waals surface area (Å²) in [5, 5.41) is 35.2. The van der Waals surface area contributed by atoms with Gasteiger partial charge in [-0.3, -0.25) is 14.9 Å². The van der Waals surface area contributed by atoms with Gasteiger partial charge in [-0.2, -0.15) is 5.10 Å². The first-order chi connectivity index (χ1) is 12.4. The van der Waals surface area contributed by atoms with Crippen LogP contribution in [-0.2, 0) is 11.3 Å². The molecular weight excluding hydrogens is 352 g/mol. The molecule has 14 heteroatoms. The standard InChI is InChI=1S/C12H12N8O6/c1-8(6-18-16-12(15-17-18)20(24)25)13-14-11(21)7-26-10-5-3-2-4-9(10)19(22)23/h2-5H,6-7H2,1H3,(H,14,21). The quantitative estimate of drug-likeness (QED) is 0.384. The summed E-state index contributed by atoms with van der Waals surface area (Å²) < 4.78 is 5.10. The molecule has 0 bridgehead atoms. The number of amides is 1. The van der Waals surface area contributed by atoms with Crippen molar-refractivity contribution < 1.29 is 19.4 Å². The minimum atomic E-state index is -0.794. The summed E-state index contributed by atoms with van der Waals surface area (Å²) in [6.07, 6.45) is 0. The molecule has 1 heterocycles. The normalized spacial score (nSPS) is 11.0. The van der Waals surface area contributed by atoms with Gasteiger partial charge < -0.3 is 14.9 Å². The maximum Gasteiger partial charge on any atom is 0.514 e. The second-order valence-corrected chi connectivity index (χ2v) is 4.77. The Bertz CT molecular complexity index is 863. The van der Waals surface area contributed by atoms with Crippen LogP contribution in [0.1, 0.15) is 6.92 Å². The van der Waals surface area contributed by atoms with E-state index >= 15 is 0 Å². The summed E-state index contributed by atoms with van der Waals surface area (Å²) in [7, 11) is 0. The number of nitrogens with one attached hydrogen (secondary N) is 1. The van der Waals surface area contributed by atoms with Gasteiger partial charge in [0.25, 0.3) is 5.91 Å². The fourth-order valence-electron chi connectivity index (χ4n) is 1.68. The molecule has 2 rings (SSSR count). The highest BCUT2D eigenvalue weighted by atomic mass is 16.6. The summed E-state index contributed by atoms with van der Waals surface area (Å²) >= 11 is 0. The number of hydrogen-bond acceptors (Lipinski definition) is 10. The highest BCUT2D eigenvalue weighted by molar-refractivity contribution is 5.84. The second kappa shape index (κ2) is 8.22. The lowest BCUT2D eigenvalue weighted by atomic mass is 10.3. The minimum Gasteiger partial charge on any atom is -0.477 e. The van der Waals surface area contributed by atoms with E-state index in [2.05, 4.69) is 25.9 Å². The zero-order valence-electron chi connectivity index (χ0n) is 13.3. The van der Waals surface area contributed by atoms with Gasteiger partial charge >= 0.3 is 11.6 Å². The smallest absolute Gasteiger partial charge is 0.477 e. The van der Waals surface area contributed by atoms with Crippen LogP contribution >= 0.6 is 0 Å². The number of carbonyl (C=O) groups excluding carboxylic acids is 1. The predicted octanol–water partition coefficient (Wildman–Crippen LogP) is 0.0606. The Kier molecular flexibility index (Phi) is 5.81. The fraction of sp³-hybridized carbons (Fsp3) is 0.250. The first-order valence-electron chi connectivity index (χ1n) is 6.97. The van der Waals surface area contributed by atoms with E-state index in [0.29, 0.717) is 5.71 Å². The maximum atomic E-state index is 11.7. The maximum absolute atomic E-state index is 11.7.